The Morgan fingerprint density at radius 3 is 3.00 bits per heavy atom. The first kappa shape index (κ1) is 9.21. The van der Waals surface area contributed by atoms with Gasteiger partial charge in [0.1, 0.15) is 0 Å². The molecule has 2 heterocycles. The molecule has 0 aliphatic carbocycles. The molecule has 1 fully saturated rings. The summed E-state index contributed by atoms with van der Waals surface area (Å²) in [7, 11) is 0. The first-order chi connectivity index (χ1) is 6.75. The molecule has 1 atom stereocenters. The van der Waals surface area contributed by atoms with Crippen molar-refractivity contribution in [1.29, 1.82) is 0 Å². The summed E-state index contributed by atoms with van der Waals surface area (Å²) in [6.07, 6.45) is 3.00. The van der Waals surface area contributed by atoms with E-state index in [1.807, 2.05) is 0 Å². The highest BCUT2D eigenvalue weighted by molar-refractivity contribution is 5.84. The third kappa shape index (κ3) is 1.93. The molecule has 1 aromatic heterocycles. The van der Waals surface area contributed by atoms with Crippen LogP contribution in [0.15, 0.2) is 10.6 Å². The average molecular weight is 197 g/mol. The Labute approximate surface area is 80.6 Å². The predicted octanol–water partition coefficient (Wildman–Crippen LogP) is 1.09. The maximum absolute atomic E-state index is 10.5. The fraction of sp³-hybridized carbons (Fsp3) is 0.556. The highest BCUT2D eigenvalue weighted by Crippen LogP contribution is 2.17. The van der Waals surface area contributed by atoms with E-state index < -0.39 is 5.97 Å². The Kier molecular flexibility index (Phi) is 2.49. The lowest BCUT2D eigenvalue weighted by molar-refractivity contribution is -0.0543. The third-order valence-electron chi connectivity index (χ3n) is 2.29. The lowest BCUT2D eigenvalue weighted by Crippen LogP contribution is -2.26. The van der Waals surface area contributed by atoms with Crippen molar-refractivity contribution in [3.05, 3.63) is 17.5 Å². The number of hydrogen-bond donors (Lipinski definition) is 1. The maximum Gasteiger partial charge on any atom is 0.374 e. The standard InChI is InChI=1S/C9H11NO4/c11-9(12)8-5-6(10-14-8)1-2-7-3-4-13-7/h5,7H,1-4H2,(H,11,12). The Balaban J connectivity index is 1.86. The van der Waals surface area contributed by atoms with Crippen LogP contribution in [0.4, 0.5) is 0 Å². The number of hydrogen-bond acceptors (Lipinski definition) is 4. The molecule has 0 saturated carbocycles. The summed E-state index contributed by atoms with van der Waals surface area (Å²) in [6.45, 7) is 0.837. The summed E-state index contributed by atoms with van der Waals surface area (Å²) >= 11 is 0. The van der Waals surface area contributed by atoms with E-state index in [4.69, 9.17) is 9.84 Å². The van der Waals surface area contributed by atoms with E-state index in [1.54, 1.807) is 0 Å². The first-order valence-electron chi connectivity index (χ1n) is 4.56. The Bertz CT molecular complexity index is 329. The van der Waals surface area contributed by atoms with Crippen LogP contribution in [0.1, 0.15) is 29.1 Å². The fourth-order valence-electron chi connectivity index (χ4n) is 1.35. The Morgan fingerprint density at radius 2 is 2.50 bits per heavy atom. The number of rotatable bonds is 4. The largest absolute Gasteiger partial charge is 0.475 e. The number of ether oxygens (including phenoxy) is 1. The molecule has 0 bridgehead atoms. The summed E-state index contributed by atoms with van der Waals surface area (Å²) in [6, 6.07) is 1.46. The van der Waals surface area contributed by atoms with Crippen LogP contribution in [-0.4, -0.2) is 28.9 Å². The van der Waals surface area contributed by atoms with Gasteiger partial charge in [-0.3, -0.25) is 0 Å². The summed E-state index contributed by atoms with van der Waals surface area (Å²) in [5.41, 5.74) is 0.679. The van der Waals surface area contributed by atoms with Crippen LogP contribution in [0.25, 0.3) is 0 Å². The third-order valence-corrected chi connectivity index (χ3v) is 2.29. The van der Waals surface area contributed by atoms with Crippen LogP contribution in [0, 0.1) is 0 Å². The van der Waals surface area contributed by atoms with Crippen molar-refractivity contribution in [2.75, 3.05) is 6.61 Å². The minimum Gasteiger partial charge on any atom is -0.475 e. The van der Waals surface area contributed by atoms with E-state index >= 15 is 0 Å². The highest BCUT2D eigenvalue weighted by atomic mass is 16.5. The van der Waals surface area contributed by atoms with E-state index in [0.29, 0.717) is 18.2 Å². The molecule has 14 heavy (non-hydrogen) atoms. The van der Waals surface area contributed by atoms with Gasteiger partial charge in [-0.05, 0) is 19.3 Å². The van der Waals surface area contributed by atoms with Gasteiger partial charge in [0.15, 0.2) is 0 Å². The van der Waals surface area contributed by atoms with Crippen molar-refractivity contribution in [2.24, 2.45) is 0 Å². The molecule has 1 saturated heterocycles. The molecule has 1 aliphatic rings. The van der Waals surface area contributed by atoms with Gasteiger partial charge in [-0.1, -0.05) is 5.16 Å². The topological polar surface area (TPSA) is 72.6 Å². The maximum atomic E-state index is 10.5. The minimum absolute atomic E-state index is 0.102. The molecule has 1 aliphatic heterocycles. The molecule has 0 radical (unpaired) electrons. The number of aromatic carboxylic acids is 1. The number of aryl methyl sites for hydroxylation is 1. The molecule has 0 amide bonds. The number of carbonyl (C=O) groups is 1. The fourth-order valence-corrected chi connectivity index (χ4v) is 1.35. The lowest BCUT2D eigenvalue weighted by atomic mass is 10.1. The second-order valence-electron chi connectivity index (χ2n) is 3.31. The number of carboxylic acid groups (broad SMARTS) is 1. The van der Waals surface area contributed by atoms with Crippen molar-refractivity contribution < 1.29 is 19.2 Å². The van der Waals surface area contributed by atoms with Gasteiger partial charge in [-0.2, -0.15) is 0 Å². The van der Waals surface area contributed by atoms with E-state index in [2.05, 4.69) is 9.68 Å². The zero-order valence-corrected chi connectivity index (χ0v) is 7.60. The van der Waals surface area contributed by atoms with Crippen LogP contribution in [0.2, 0.25) is 0 Å². The highest BCUT2D eigenvalue weighted by Gasteiger charge is 2.19. The van der Waals surface area contributed by atoms with Gasteiger partial charge >= 0.3 is 5.97 Å². The van der Waals surface area contributed by atoms with Crippen LogP contribution in [0.3, 0.4) is 0 Å². The van der Waals surface area contributed by atoms with E-state index in [-0.39, 0.29) is 5.76 Å². The van der Waals surface area contributed by atoms with Gasteiger partial charge in [0.05, 0.1) is 11.8 Å². The second kappa shape index (κ2) is 3.79. The van der Waals surface area contributed by atoms with Crippen LogP contribution in [0.5, 0.6) is 0 Å². The number of nitrogens with zero attached hydrogens (tertiary/aromatic N) is 1. The molecular formula is C9H11NO4. The number of carboxylic acids is 1. The molecule has 0 spiro atoms. The van der Waals surface area contributed by atoms with Crippen LogP contribution < -0.4 is 0 Å². The molecular weight excluding hydrogens is 186 g/mol. The van der Waals surface area contributed by atoms with Crippen molar-refractivity contribution >= 4 is 5.97 Å². The summed E-state index contributed by atoms with van der Waals surface area (Å²) < 4.78 is 9.85. The van der Waals surface area contributed by atoms with Crippen molar-refractivity contribution in [3.63, 3.8) is 0 Å². The quantitative estimate of drug-likeness (QED) is 0.782. The Hall–Kier alpha value is -1.36. The smallest absolute Gasteiger partial charge is 0.374 e. The van der Waals surface area contributed by atoms with E-state index in [9.17, 15) is 4.79 Å². The molecule has 0 aromatic carbocycles. The van der Waals surface area contributed by atoms with Gasteiger partial charge in [0.2, 0.25) is 5.76 Å². The Morgan fingerprint density at radius 1 is 1.71 bits per heavy atom. The van der Waals surface area contributed by atoms with Gasteiger partial charge in [0, 0.05) is 12.7 Å². The second-order valence-corrected chi connectivity index (χ2v) is 3.31. The van der Waals surface area contributed by atoms with Crippen LogP contribution >= 0.6 is 0 Å². The van der Waals surface area contributed by atoms with Gasteiger partial charge in [0.25, 0.3) is 0 Å². The van der Waals surface area contributed by atoms with Crippen molar-refractivity contribution in [3.8, 4) is 0 Å². The molecule has 1 unspecified atom stereocenters. The molecule has 1 aromatic rings. The molecule has 5 nitrogen and oxygen atoms in total. The van der Waals surface area contributed by atoms with Gasteiger partial charge in [-0.25, -0.2) is 4.79 Å². The first-order valence-corrected chi connectivity index (χ1v) is 4.56. The van der Waals surface area contributed by atoms with Crippen molar-refractivity contribution in [1.82, 2.24) is 5.16 Å². The molecule has 1 N–H and O–H groups in total. The summed E-state index contributed by atoms with van der Waals surface area (Å²) in [5.74, 6) is -1.18. The number of aromatic nitrogens is 1. The monoisotopic (exact) mass is 197 g/mol. The van der Waals surface area contributed by atoms with Crippen LogP contribution in [-0.2, 0) is 11.2 Å². The summed E-state index contributed by atoms with van der Waals surface area (Å²) in [5, 5.41) is 12.2. The van der Waals surface area contributed by atoms with E-state index in [1.165, 1.54) is 6.07 Å². The van der Waals surface area contributed by atoms with Gasteiger partial charge < -0.3 is 14.4 Å². The zero-order valence-electron chi connectivity index (χ0n) is 7.60. The predicted molar refractivity (Wildman–Crippen MR) is 46.1 cm³/mol. The van der Waals surface area contributed by atoms with Gasteiger partial charge in [-0.15, -0.1) is 0 Å². The zero-order chi connectivity index (χ0) is 9.97. The average Bonchev–Trinajstić information content (AvgIpc) is 2.50. The molecule has 5 heteroatoms. The minimum atomic E-state index is -1.08. The normalized spacial score (nSPS) is 20.4. The molecule has 2 rings (SSSR count). The SMILES string of the molecule is O=C(O)c1cc(CCC2CCO2)no1. The van der Waals surface area contributed by atoms with E-state index in [0.717, 1.165) is 19.4 Å². The summed E-state index contributed by atoms with van der Waals surface area (Å²) in [4.78, 5) is 10.5. The molecule has 76 valence electrons. The van der Waals surface area contributed by atoms with Crippen molar-refractivity contribution in [2.45, 2.75) is 25.4 Å². The lowest BCUT2D eigenvalue weighted by Gasteiger charge is -2.25.